The van der Waals surface area contributed by atoms with Crippen LogP contribution in [-0.4, -0.2) is 61.5 Å². The molecule has 2 heterocycles. The standard InChI is InChI=1S/C27H38N4O5S/c1-5-28-26(35)30-24-23(19-9-7-8-10-20(19)37-24)25(34)31-13-11-27(12-14-31,16-22(33)36-6-2)15-21(32)29-17-18(3)4/h7-10,18H,5-6,11-17H2,1-4H3,(H,29,32)(H2,28,30,35). The number of hydrogen-bond donors (Lipinski definition) is 3. The van der Waals surface area contributed by atoms with E-state index < -0.39 is 5.41 Å². The van der Waals surface area contributed by atoms with Gasteiger partial charge in [-0.15, -0.1) is 11.3 Å². The molecule has 1 fully saturated rings. The van der Waals surface area contributed by atoms with Crippen molar-refractivity contribution in [3.05, 3.63) is 29.8 Å². The minimum atomic E-state index is -0.567. The zero-order valence-corrected chi connectivity index (χ0v) is 23.0. The fraction of sp³-hybridized carbons (Fsp3) is 0.556. The van der Waals surface area contributed by atoms with Crippen molar-refractivity contribution in [3.8, 4) is 0 Å². The van der Waals surface area contributed by atoms with Gasteiger partial charge in [0.25, 0.3) is 5.91 Å². The first-order valence-electron chi connectivity index (χ1n) is 13.0. The number of anilines is 1. The molecule has 1 aliphatic heterocycles. The second-order valence-corrected chi connectivity index (χ2v) is 11.0. The van der Waals surface area contributed by atoms with Crippen molar-refractivity contribution in [3.63, 3.8) is 0 Å². The lowest BCUT2D eigenvalue weighted by Crippen LogP contribution is -2.46. The normalized spacial score (nSPS) is 14.9. The van der Waals surface area contributed by atoms with E-state index in [2.05, 4.69) is 16.0 Å². The number of likely N-dealkylation sites (tertiary alicyclic amines) is 1. The Balaban J connectivity index is 1.80. The van der Waals surface area contributed by atoms with E-state index in [0.717, 1.165) is 10.1 Å². The van der Waals surface area contributed by atoms with E-state index in [-0.39, 0.29) is 43.3 Å². The van der Waals surface area contributed by atoms with Crippen molar-refractivity contribution in [2.45, 2.75) is 53.4 Å². The second-order valence-electron chi connectivity index (χ2n) is 9.94. The number of urea groups is 1. The number of carbonyl (C=O) groups is 4. The summed E-state index contributed by atoms with van der Waals surface area (Å²) in [4.78, 5) is 52.9. The average Bonchev–Trinajstić information content (AvgIpc) is 3.20. The summed E-state index contributed by atoms with van der Waals surface area (Å²) in [6.07, 6.45) is 1.37. The number of nitrogens with one attached hydrogen (secondary N) is 3. The average molecular weight is 531 g/mol. The highest BCUT2D eigenvalue weighted by atomic mass is 32.1. The molecule has 0 spiro atoms. The molecular weight excluding hydrogens is 492 g/mol. The molecular formula is C27H38N4O5S. The highest BCUT2D eigenvalue weighted by Crippen LogP contribution is 2.41. The lowest BCUT2D eigenvalue weighted by Gasteiger charge is -2.41. The number of nitrogens with zero attached hydrogens (tertiary/aromatic N) is 1. The topological polar surface area (TPSA) is 117 Å². The van der Waals surface area contributed by atoms with E-state index in [0.29, 0.717) is 55.5 Å². The highest BCUT2D eigenvalue weighted by molar-refractivity contribution is 7.23. The smallest absolute Gasteiger partial charge is 0.319 e. The first-order chi connectivity index (χ1) is 17.7. The Morgan fingerprint density at radius 2 is 1.76 bits per heavy atom. The van der Waals surface area contributed by atoms with Crippen molar-refractivity contribution in [1.82, 2.24) is 15.5 Å². The number of rotatable bonds is 10. The third-order valence-electron chi connectivity index (χ3n) is 6.55. The number of benzene rings is 1. The van der Waals surface area contributed by atoms with Gasteiger partial charge in [0.15, 0.2) is 0 Å². The van der Waals surface area contributed by atoms with Crippen LogP contribution in [0.3, 0.4) is 0 Å². The molecule has 4 amide bonds. The third kappa shape index (κ3) is 7.44. The maximum atomic E-state index is 13.8. The summed E-state index contributed by atoms with van der Waals surface area (Å²) in [6, 6.07) is 7.23. The summed E-state index contributed by atoms with van der Waals surface area (Å²) in [5, 5.41) is 9.80. The van der Waals surface area contributed by atoms with Crippen LogP contribution in [0.5, 0.6) is 0 Å². The fourth-order valence-corrected chi connectivity index (χ4v) is 5.74. The Bertz CT molecular complexity index is 1120. The highest BCUT2D eigenvalue weighted by Gasteiger charge is 2.40. The molecule has 3 rings (SSSR count). The van der Waals surface area contributed by atoms with Crippen LogP contribution in [0.1, 0.15) is 63.7 Å². The molecule has 0 bridgehead atoms. The van der Waals surface area contributed by atoms with Gasteiger partial charge in [-0.3, -0.25) is 19.7 Å². The van der Waals surface area contributed by atoms with Crippen LogP contribution >= 0.6 is 11.3 Å². The largest absolute Gasteiger partial charge is 0.466 e. The van der Waals surface area contributed by atoms with E-state index in [4.69, 9.17) is 4.74 Å². The van der Waals surface area contributed by atoms with Crippen LogP contribution in [0.15, 0.2) is 24.3 Å². The van der Waals surface area contributed by atoms with Gasteiger partial charge in [-0.1, -0.05) is 32.0 Å². The molecule has 0 atom stereocenters. The maximum absolute atomic E-state index is 13.8. The van der Waals surface area contributed by atoms with Gasteiger partial charge in [-0.25, -0.2) is 4.79 Å². The van der Waals surface area contributed by atoms with Crippen molar-refractivity contribution >= 4 is 50.2 Å². The minimum absolute atomic E-state index is 0.0879. The van der Waals surface area contributed by atoms with E-state index in [1.165, 1.54) is 11.3 Å². The van der Waals surface area contributed by atoms with Gasteiger partial charge in [0.1, 0.15) is 5.00 Å². The molecule has 0 unspecified atom stereocenters. The molecule has 3 N–H and O–H groups in total. The number of fused-ring (bicyclic) bond motifs is 1. The van der Waals surface area contributed by atoms with Crippen LogP contribution in [0.4, 0.5) is 9.80 Å². The summed E-state index contributed by atoms with van der Waals surface area (Å²) in [5.41, 5.74) is -0.0949. The fourth-order valence-electron chi connectivity index (χ4n) is 4.65. The predicted molar refractivity (Wildman–Crippen MR) is 146 cm³/mol. The van der Waals surface area contributed by atoms with Crippen molar-refractivity contribution in [2.24, 2.45) is 11.3 Å². The Kier molecular flexibility index (Phi) is 9.91. The van der Waals surface area contributed by atoms with Crippen LogP contribution in [0, 0.1) is 11.3 Å². The zero-order chi connectivity index (χ0) is 27.0. The SMILES string of the molecule is CCNC(=O)Nc1sc2ccccc2c1C(=O)N1CCC(CC(=O)NCC(C)C)(CC(=O)OCC)CC1. The van der Waals surface area contributed by atoms with Crippen molar-refractivity contribution in [2.75, 3.05) is 38.1 Å². The van der Waals surface area contributed by atoms with Gasteiger partial charge in [-0.2, -0.15) is 0 Å². The van der Waals surface area contributed by atoms with Crippen LogP contribution in [-0.2, 0) is 14.3 Å². The van der Waals surface area contributed by atoms with Crippen LogP contribution in [0.2, 0.25) is 0 Å². The van der Waals surface area contributed by atoms with Gasteiger partial charge in [-0.05, 0) is 44.1 Å². The minimum Gasteiger partial charge on any atom is -0.466 e. The first kappa shape index (κ1) is 28.4. The zero-order valence-electron chi connectivity index (χ0n) is 22.1. The number of hydrogen-bond acceptors (Lipinski definition) is 6. The van der Waals surface area contributed by atoms with Crippen LogP contribution < -0.4 is 16.0 Å². The first-order valence-corrected chi connectivity index (χ1v) is 13.8. The molecule has 1 saturated heterocycles. The number of thiophene rings is 1. The van der Waals surface area contributed by atoms with Crippen molar-refractivity contribution in [1.29, 1.82) is 0 Å². The predicted octanol–water partition coefficient (Wildman–Crippen LogP) is 4.38. The van der Waals surface area contributed by atoms with Gasteiger partial charge in [0, 0.05) is 42.7 Å². The van der Waals surface area contributed by atoms with E-state index in [1.807, 2.05) is 45.0 Å². The number of ether oxygens (including phenoxy) is 1. The number of esters is 1. The van der Waals surface area contributed by atoms with E-state index >= 15 is 0 Å². The molecule has 1 aromatic heterocycles. The third-order valence-corrected chi connectivity index (χ3v) is 7.64. The summed E-state index contributed by atoms with van der Waals surface area (Å²) in [6.45, 7) is 9.79. The quantitative estimate of drug-likeness (QED) is 0.394. The van der Waals surface area contributed by atoms with Gasteiger partial charge < -0.3 is 20.3 Å². The number of amides is 4. The molecule has 10 heteroatoms. The summed E-state index contributed by atoms with van der Waals surface area (Å²) in [7, 11) is 0. The molecule has 0 radical (unpaired) electrons. The molecule has 0 saturated carbocycles. The molecule has 2 aromatic rings. The van der Waals surface area contributed by atoms with Crippen LogP contribution in [0.25, 0.3) is 10.1 Å². The molecule has 1 aromatic carbocycles. The summed E-state index contributed by atoms with van der Waals surface area (Å²) in [5.74, 6) is -0.253. The molecule has 9 nitrogen and oxygen atoms in total. The van der Waals surface area contributed by atoms with E-state index in [9.17, 15) is 19.2 Å². The molecule has 1 aliphatic rings. The Labute approximate surface area is 222 Å². The van der Waals surface area contributed by atoms with Gasteiger partial charge >= 0.3 is 12.0 Å². The monoisotopic (exact) mass is 530 g/mol. The van der Waals surface area contributed by atoms with Crippen molar-refractivity contribution < 1.29 is 23.9 Å². The lowest BCUT2D eigenvalue weighted by molar-refractivity contribution is -0.147. The summed E-state index contributed by atoms with van der Waals surface area (Å²) >= 11 is 1.37. The van der Waals surface area contributed by atoms with Gasteiger partial charge in [0.2, 0.25) is 5.91 Å². The Morgan fingerprint density at radius 1 is 1.05 bits per heavy atom. The Morgan fingerprint density at radius 3 is 2.41 bits per heavy atom. The maximum Gasteiger partial charge on any atom is 0.319 e. The Hall–Kier alpha value is -3.14. The second kappa shape index (κ2) is 12.9. The number of carbonyl (C=O) groups excluding carboxylic acids is 4. The molecule has 37 heavy (non-hydrogen) atoms. The van der Waals surface area contributed by atoms with Gasteiger partial charge in [0.05, 0.1) is 18.6 Å². The summed E-state index contributed by atoms with van der Waals surface area (Å²) < 4.78 is 6.12. The number of piperidine rings is 1. The van der Waals surface area contributed by atoms with E-state index in [1.54, 1.807) is 11.8 Å². The lowest BCUT2D eigenvalue weighted by atomic mass is 9.72. The molecule has 0 aliphatic carbocycles. The molecule has 202 valence electrons.